The van der Waals surface area contributed by atoms with Crippen molar-refractivity contribution in [2.24, 2.45) is 4.99 Å². The Morgan fingerprint density at radius 2 is 2.24 bits per heavy atom. The molecular weight excluding hydrogens is 319 g/mol. The Hall–Kier alpha value is -1.82. The molecule has 2 N–H and O–H groups in total. The van der Waals surface area contributed by atoms with Crippen LogP contribution in [-0.4, -0.2) is 50.7 Å². The van der Waals surface area contributed by atoms with E-state index in [1.165, 1.54) is 39.0 Å². The minimum atomic E-state index is -0.350. The van der Waals surface area contributed by atoms with E-state index in [1.807, 2.05) is 13.0 Å². The molecule has 1 fully saturated rings. The largest absolute Gasteiger partial charge is 0.494 e. The Kier molecular flexibility index (Phi) is 7.50. The zero-order valence-electron chi connectivity index (χ0n) is 15.8. The summed E-state index contributed by atoms with van der Waals surface area (Å²) in [5, 5.41) is 6.75. The lowest BCUT2D eigenvalue weighted by atomic mass is 10.0. The number of likely N-dealkylation sites (N-methyl/N-ethyl adjacent to an activating group) is 1. The number of guanidine groups is 1. The van der Waals surface area contributed by atoms with Gasteiger partial charge >= 0.3 is 0 Å². The number of halogens is 1. The molecule has 1 aromatic rings. The predicted octanol–water partition coefficient (Wildman–Crippen LogP) is 2.93. The molecule has 0 saturated carbocycles. The number of hydrogen-bond acceptors (Lipinski definition) is 3. The van der Waals surface area contributed by atoms with Crippen LogP contribution in [0.5, 0.6) is 5.75 Å². The van der Waals surface area contributed by atoms with Crippen LogP contribution in [0.2, 0.25) is 0 Å². The van der Waals surface area contributed by atoms with Gasteiger partial charge in [0.25, 0.3) is 0 Å². The molecule has 1 aromatic carbocycles. The van der Waals surface area contributed by atoms with Gasteiger partial charge in [0.05, 0.1) is 13.2 Å². The van der Waals surface area contributed by atoms with Crippen molar-refractivity contribution in [2.45, 2.75) is 45.2 Å². The number of likely N-dealkylation sites (tertiary alicyclic amines) is 1. The van der Waals surface area contributed by atoms with Crippen LogP contribution in [0.3, 0.4) is 0 Å². The fraction of sp³-hybridized carbons (Fsp3) is 0.632. The third-order valence-corrected chi connectivity index (χ3v) is 4.91. The molecule has 2 atom stereocenters. The number of benzene rings is 1. The van der Waals surface area contributed by atoms with Gasteiger partial charge in [0, 0.05) is 19.6 Å². The number of nitrogens with one attached hydrogen (secondary N) is 2. The van der Waals surface area contributed by atoms with E-state index in [4.69, 9.17) is 4.74 Å². The molecule has 0 amide bonds. The van der Waals surface area contributed by atoms with Gasteiger partial charge in [-0.05, 0) is 50.6 Å². The maximum absolute atomic E-state index is 13.9. The van der Waals surface area contributed by atoms with Crippen LogP contribution >= 0.6 is 0 Å². The molecule has 2 rings (SSSR count). The first-order valence-electron chi connectivity index (χ1n) is 9.13. The van der Waals surface area contributed by atoms with Crippen molar-refractivity contribution < 1.29 is 9.13 Å². The Balaban J connectivity index is 1.91. The highest BCUT2D eigenvalue weighted by atomic mass is 19.1. The monoisotopic (exact) mass is 350 g/mol. The highest BCUT2D eigenvalue weighted by Gasteiger charge is 2.21. The summed E-state index contributed by atoms with van der Waals surface area (Å²) in [6, 6.07) is 5.52. The van der Waals surface area contributed by atoms with Crippen molar-refractivity contribution in [3.63, 3.8) is 0 Å². The van der Waals surface area contributed by atoms with E-state index >= 15 is 0 Å². The summed E-state index contributed by atoms with van der Waals surface area (Å²) in [4.78, 5) is 6.82. The Morgan fingerprint density at radius 1 is 1.44 bits per heavy atom. The summed E-state index contributed by atoms with van der Waals surface area (Å²) in [6.45, 7) is 7.34. The Morgan fingerprint density at radius 3 is 2.88 bits per heavy atom. The molecule has 0 bridgehead atoms. The highest BCUT2D eigenvalue weighted by molar-refractivity contribution is 5.80. The Labute approximate surface area is 150 Å². The molecule has 140 valence electrons. The smallest absolute Gasteiger partial charge is 0.191 e. The van der Waals surface area contributed by atoms with Crippen molar-refractivity contribution in [1.82, 2.24) is 15.5 Å². The average molecular weight is 350 g/mol. The summed E-state index contributed by atoms with van der Waals surface area (Å²) in [7, 11) is 3.23. The van der Waals surface area contributed by atoms with Gasteiger partial charge < -0.3 is 15.4 Å². The van der Waals surface area contributed by atoms with Crippen LogP contribution in [0.15, 0.2) is 23.2 Å². The average Bonchev–Trinajstić information content (AvgIpc) is 2.64. The van der Waals surface area contributed by atoms with Crippen LogP contribution in [0.4, 0.5) is 4.39 Å². The van der Waals surface area contributed by atoms with Crippen molar-refractivity contribution in [3.05, 3.63) is 29.6 Å². The van der Waals surface area contributed by atoms with Crippen molar-refractivity contribution >= 4 is 5.96 Å². The lowest BCUT2D eigenvalue weighted by molar-refractivity contribution is 0.157. The third kappa shape index (κ3) is 5.33. The number of rotatable bonds is 6. The zero-order valence-corrected chi connectivity index (χ0v) is 15.8. The van der Waals surface area contributed by atoms with Crippen LogP contribution in [0, 0.1) is 5.82 Å². The fourth-order valence-electron chi connectivity index (χ4n) is 3.36. The highest BCUT2D eigenvalue weighted by Crippen LogP contribution is 2.21. The van der Waals surface area contributed by atoms with E-state index in [0.29, 0.717) is 6.04 Å². The molecule has 1 heterocycles. The van der Waals surface area contributed by atoms with Crippen molar-refractivity contribution in [2.75, 3.05) is 33.8 Å². The zero-order chi connectivity index (χ0) is 18.2. The first-order valence-corrected chi connectivity index (χ1v) is 9.13. The third-order valence-electron chi connectivity index (χ3n) is 4.91. The predicted molar refractivity (Wildman–Crippen MR) is 101 cm³/mol. The van der Waals surface area contributed by atoms with Gasteiger partial charge in [0.1, 0.15) is 0 Å². The van der Waals surface area contributed by atoms with E-state index in [2.05, 4.69) is 27.4 Å². The molecule has 5 nitrogen and oxygen atoms in total. The number of aliphatic imine (C=N–C) groups is 1. The fourth-order valence-corrected chi connectivity index (χ4v) is 3.36. The minimum absolute atomic E-state index is 0.0553. The van der Waals surface area contributed by atoms with Gasteiger partial charge in [-0.25, -0.2) is 4.39 Å². The topological polar surface area (TPSA) is 48.9 Å². The molecule has 0 spiro atoms. The number of piperidine rings is 1. The van der Waals surface area contributed by atoms with E-state index < -0.39 is 0 Å². The SMILES string of the molecule is CCN1CCCCC1CNC(=NC)NC(C)c1ccc(OC)c(F)c1. The lowest BCUT2D eigenvalue weighted by Gasteiger charge is -2.35. The lowest BCUT2D eigenvalue weighted by Crippen LogP contribution is -2.49. The molecule has 0 radical (unpaired) electrons. The van der Waals surface area contributed by atoms with Crippen LogP contribution in [0.25, 0.3) is 0 Å². The number of nitrogens with zero attached hydrogens (tertiary/aromatic N) is 2. The molecule has 6 heteroatoms. The molecule has 1 aliphatic heterocycles. The Bertz CT molecular complexity index is 579. The van der Waals surface area contributed by atoms with Crippen LogP contribution in [0.1, 0.15) is 44.7 Å². The molecular formula is C19H31FN4O. The molecule has 25 heavy (non-hydrogen) atoms. The van der Waals surface area contributed by atoms with Gasteiger partial charge in [-0.2, -0.15) is 0 Å². The summed E-state index contributed by atoms with van der Waals surface area (Å²) < 4.78 is 18.9. The molecule has 1 saturated heterocycles. The normalized spacial score (nSPS) is 20.2. The second-order valence-corrected chi connectivity index (χ2v) is 6.49. The first kappa shape index (κ1) is 19.5. The quantitative estimate of drug-likeness (QED) is 0.612. The van der Waals surface area contributed by atoms with Crippen LogP contribution in [-0.2, 0) is 0 Å². The summed E-state index contributed by atoms with van der Waals surface area (Å²) in [5.74, 6) is 0.651. The number of methoxy groups -OCH3 is 1. The summed E-state index contributed by atoms with van der Waals surface area (Å²) in [5.41, 5.74) is 0.856. The van der Waals surface area contributed by atoms with E-state index in [9.17, 15) is 4.39 Å². The second-order valence-electron chi connectivity index (χ2n) is 6.49. The van der Waals surface area contributed by atoms with Gasteiger partial charge in [0.15, 0.2) is 17.5 Å². The molecule has 1 aliphatic rings. The number of hydrogen-bond donors (Lipinski definition) is 2. The van der Waals surface area contributed by atoms with Crippen LogP contribution < -0.4 is 15.4 Å². The second kappa shape index (κ2) is 9.61. The molecule has 0 aromatic heterocycles. The molecule has 2 unspecified atom stereocenters. The van der Waals surface area contributed by atoms with E-state index in [0.717, 1.165) is 24.6 Å². The maximum atomic E-state index is 13.9. The standard InChI is InChI=1S/C19H31FN4O/c1-5-24-11-7-6-8-16(24)13-22-19(21-3)23-14(2)15-9-10-18(25-4)17(20)12-15/h9-10,12,14,16H,5-8,11,13H2,1-4H3,(H2,21,22,23). The number of ether oxygens (including phenoxy) is 1. The van der Waals surface area contributed by atoms with E-state index in [-0.39, 0.29) is 17.6 Å². The first-order chi connectivity index (χ1) is 12.1. The summed E-state index contributed by atoms with van der Waals surface area (Å²) >= 11 is 0. The van der Waals surface area contributed by atoms with Gasteiger partial charge in [-0.15, -0.1) is 0 Å². The maximum Gasteiger partial charge on any atom is 0.191 e. The minimum Gasteiger partial charge on any atom is -0.494 e. The van der Waals surface area contributed by atoms with Gasteiger partial charge in [0.2, 0.25) is 0 Å². The van der Waals surface area contributed by atoms with Crippen molar-refractivity contribution in [1.29, 1.82) is 0 Å². The van der Waals surface area contributed by atoms with E-state index in [1.54, 1.807) is 13.1 Å². The molecule has 0 aliphatic carbocycles. The van der Waals surface area contributed by atoms with Crippen molar-refractivity contribution in [3.8, 4) is 5.75 Å². The van der Waals surface area contributed by atoms with Gasteiger partial charge in [-0.1, -0.05) is 19.4 Å². The van der Waals surface area contributed by atoms with Gasteiger partial charge in [-0.3, -0.25) is 9.89 Å². The summed E-state index contributed by atoms with van der Waals surface area (Å²) in [6.07, 6.45) is 3.80.